The van der Waals surface area contributed by atoms with Crippen LogP contribution in [-0.4, -0.2) is 10.9 Å². The Morgan fingerprint density at radius 3 is 2.82 bits per heavy atom. The number of amides is 1. The first-order valence-corrected chi connectivity index (χ1v) is 7.75. The van der Waals surface area contributed by atoms with E-state index in [0.29, 0.717) is 6.61 Å². The highest BCUT2D eigenvalue weighted by Crippen LogP contribution is 2.26. The van der Waals surface area contributed by atoms with Gasteiger partial charge in [0, 0.05) is 23.9 Å². The minimum atomic E-state index is 0.124. The number of hydrogen-bond donors (Lipinski definition) is 1. The number of nitrogens with zero attached hydrogens (tertiary/aromatic N) is 1. The van der Waals surface area contributed by atoms with Gasteiger partial charge < -0.3 is 10.1 Å². The van der Waals surface area contributed by atoms with Crippen LogP contribution in [0, 0.1) is 5.92 Å². The van der Waals surface area contributed by atoms with E-state index in [1.165, 1.54) is 0 Å². The molecule has 4 nitrogen and oxygen atoms in total. The zero-order valence-corrected chi connectivity index (χ0v) is 12.5. The Morgan fingerprint density at radius 2 is 2.05 bits per heavy atom. The molecule has 1 aliphatic carbocycles. The van der Waals surface area contributed by atoms with Crippen LogP contribution < -0.4 is 10.1 Å². The smallest absolute Gasteiger partial charge is 0.227 e. The molecule has 114 valence electrons. The molecule has 0 spiro atoms. The van der Waals surface area contributed by atoms with Crippen molar-refractivity contribution in [3.05, 3.63) is 54.4 Å². The predicted octanol–water partition coefficient (Wildman–Crippen LogP) is 3.79. The first-order valence-electron chi connectivity index (χ1n) is 7.75. The van der Waals surface area contributed by atoms with Gasteiger partial charge in [-0.05, 0) is 37.1 Å². The number of pyridine rings is 1. The second-order valence-corrected chi connectivity index (χ2v) is 5.61. The second kappa shape index (κ2) is 7.07. The summed E-state index contributed by atoms with van der Waals surface area (Å²) in [5.74, 6) is 1.02. The van der Waals surface area contributed by atoms with Gasteiger partial charge in [-0.3, -0.25) is 9.78 Å². The molecule has 2 aromatic rings. The number of aromatic nitrogens is 1. The van der Waals surface area contributed by atoms with Crippen molar-refractivity contribution in [3.8, 4) is 5.75 Å². The number of rotatable bonds is 5. The SMILES string of the molecule is O=C(Nc1cccc(OCc2ccccn2)c1)C1CCCC1. The zero-order valence-electron chi connectivity index (χ0n) is 12.5. The van der Waals surface area contributed by atoms with Gasteiger partial charge in [0.05, 0.1) is 5.69 Å². The van der Waals surface area contributed by atoms with Crippen LogP contribution in [0.3, 0.4) is 0 Å². The number of benzene rings is 1. The number of hydrogen-bond acceptors (Lipinski definition) is 3. The lowest BCUT2D eigenvalue weighted by Crippen LogP contribution is -2.20. The van der Waals surface area contributed by atoms with E-state index in [-0.39, 0.29) is 11.8 Å². The lowest BCUT2D eigenvalue weighted by Gasteiger charge is -2.12. The summed E-state index contributed by atoms with van der Waals surface area (Å²) in [7, 11) is 0. The van der Waals surface area contributed by atoms with E-state index in [0.717, 1.165) is 42.8 Å². The molecule has 1 heterocycles. The van der Waals surface area contributed by atoms with Gasteiger partial charge in [-0.1, -0.05) is 25.0 Å². The van der Waals surface area contributed by atoms with Crippen LogP contribution in [0.15, 0.2) is 48.7 Å². The first-order chi connectivity index (χ1) is 10.8. The summed E-state index contributed by atoms with van der Waals surface area (Å²) in [6, 6.07) is 13.3. The minimum absolute atomic E-state index is 0.124. The second-order valence-electron chi connectivity index (χ2n) is 5.61. The number of ether oxygens (including phenoxy) is 1. The van der Waals surface area contributed by atoms with E-state index in [2.05, 4.69) is 10.3 Å². The van der Waals surface area contributed by atoms with Crippen molar-refractivity contribution in [2.24, 2.45) is 5.92 Å². The predicted molar refractivity (Wildman–Crippen MR) is 85.6 cm³/mol. The molecule has 1 saturated carbocycles. The Hall–Kier alpha value is -2.36. The third-order valence-corrected chi connectivity index (χ3v) is 3.94. The number of anilines is 1. The van der Waals surface area contributed by atoms with E-state index in [9.17, 15) is 4.79 Å². The van der Waals surface area contributed by atoms with Crippen molar-refractivity contribution < 1.29 is 9.53 Å². The fraction of sp³-hybridized carbons (Fsp3) is 0.333. The van der Waals surface area contributed by atoms with Gasteiger partial charge in [0.1, 0.15) is 12.4 Å². The molecule has 0 atom stereocenters. The molecule has 1 aliphatic rings. The molecule has 0 bridgehead atoms. The van der Waals surface area contributed by atoms with E-state index in [1.807, 2.05) is 42.5 Å². The summed E-state index contributed by atoms with van der Waals surface area (Å²) in [6.45, 7) is 0.418. The Labute approximate surface area is 130 Å². The Bertz CT molecular complexity index is 622. The normalized spacial score (nSPS) is 14.7. The average molecular weight is 296 g/mol. The summed E-state index contributed by atoms with van der Waals surface area (Å²) in [5, 5.41) is 2.99. The number of nitrogens with one attached hydrogen (secondary N) is 1. The largest absolute Gasteiger partial charge is 0.487 e. The molecule has 1 aromatic heterocycles. The molecular formula is C18H20N2O2. The fourth-order valence-corrected chi connectivity index (χ4v) is 2.74. The topological polar surface area (TPSA) is 51.2 Å². The molecule has 1 N–H and O–H groups in total. The standard InChI is InChI=1S/C18H20N2O2/c21-18(14-6-1-2-7-14)20-15-9-5-10-17(12-15)22-13-16-8-3-4-11-19-16/h3-5,8-12,14H,1-2,6-7,13H2,(H,20,21). The molecule has 0 aliphatic heterocycles. The van der Waals surface area contributed by atoms with Gasteiger partial charge >= 0.3 is 0 Å². The number of carbonyl (C=O) groups is 1. The molecular weight excluding hydrogens is 276 g/mol. The van der Waals surface area contributed by atoms with Crippen LogP contribution in [0.4, 0.5) is 5.69 Å². The molecule has 1 aromatic carbocycles. The van der Waals surface area contributed by atoms with Crippen LogP contribution in [0.5, 0.6) is 5.75 Å². The molecule has 4 heteroatoms. The summed E-state index contributed by atoms with van der Waals surface area (Å²) < 4.78 is 5.73. The van der Waals surface area contributed by atoms with Crippen LogP contribution in [0.25, 0.3) is 0 Å². The molecule has 1 amide bonds. The van der Waals surface area contributed by atoms with Gasteiger partial charge in [0.25, 0.3) is 0 Å². The highest BCUT2D eigenvalue weighted by molar-refractivity contribution is 5.92. The first kappa shape index (κ1) is 14.6. The number of carbonyl (C=O) groups excluding carboxylic acids is 1. The third-order valence-electron chi connectivity index (χ3n) is 3.94. The molecule has 3 rings (SSSR count). The fourth-order valence-electron chi connectivity index (χ4n) is 2.74. The summed E-state index contributed by atoms with van der Waals surface area (Å²) in [4.78, 5) is 16.4. The Kier molecular flexibility index (Phi) is 4.68. The van der Waals surface area contributed by atoms with Crippen LogP contribution >= 0.6 is 0 Å². The summed E-state index contributed by atoms with van der Waals surface area (Å²) >= 11 is 0. The maximum Gasteiger partial charge on any atom is 0.227 e. The van der Waals surface area contributed by atoms with Crippen LogP contribution in [0.2, 0.25) is 0 Å². The Morgan fingerprint density at radius 1 is 1.18 bits per heavy atom. The molecule has 0 radical (unpaired) electrons. The van der Waals surface area contributed by atoms with Crippen LogP contribution in [-0.2, 0) is 11.4 Å². The van der Waals surface area contributed by atoms with E-state index in [1.54, 1.807) is 6.20 Å². The van der Waals surface area contributed by atoms with Crippen LogP contribution in [0.1, 0.15) is 31.4 Å². The summed E-state index contributed by atoms with van der Waals surface area (Å²) in [5.41, 5.74) is 1.67. The zero-order chi connectivity index (χ0) is 15.2. The lowest BCUT2D eigenvalue weighted by molar-refractivity contribution is -0.119. The molecule has 1 fully saturated rings. The minimum Gasteiger partial charge on any atom is -0.487 e. The average Bonchev–Trinajstić information content (AvgIpc) is 3.09. The van der Waals surface area contributed by atoms with E-state index in [4.69, 9.17) is 4.74 Å². The highest BCUT2D eigenvalue weighted by atomic mass is 16.5. The van der Waals surface area contributed by atoms with Crippen molar-refractivity contribution in [2.45, 2.75) is 32.3 Å². The van der Waals surface area contributed by atoms with Gasteiger partial charge in [0.2, 0.25) is 5.91 Å². The maximum atomic E-state index is 12.1. The summed E-state index contributed by atoms with van der Waals surface area (Å²) in [6.07, 6.45) is 6.07. The van der Waals surface area contributed by atoms with Gasteiger partial charge in [-0.2, -0.15) is 0 Å². The van der Waals surface area contributed by atoms with Crippen molar-refractivity contribution in [2.75, 3.05) is 5.32 Å². The van der Waals surface area contributed by atoms with E-state index < -0.39 is 0 Å². The molecule has 0 unspecified atom stereocenters. The van der Waals surface area contributed by atoms with E-state index >= 15 is 0 Å². The monoisotopic (exact) mass is 296 g/mol. The van der Waals surface area contributed by atoms with Gasteiger partial charge in [-0.25, -0.2) is 0 Å². The molecule has 0 saturated heterocycles. The molecule has 22 heavy (non-hydrogen) atoms. The van der Waals surface area contributed by atoms with Gasteiger partial charge in [-0.15, -0.1) is 0 Å². The van der Waals surface area contributed by atoms with Gasteiger partial charge in [0.15, 0.2) is 0 Å². The third kappa shape index (κ3) is 3.85. The lowest BCUT2D eigenvalue weighted by atomic mass is 10.1. The quantitative estimate of drug-likeness (QED) is 0.913. The van der Waals surface area contributed by atoms with Crippen molar-refractivity contribution in [3.63, 3.8) is 0 Å². The highest BCUT2D eigenvalue weighted by Gasteiger charge is 2.22. The van der Waals surface area contributed by atoms with Crippen molar-refractivity contribution >= 4 is 11.6 Å². The Balaban J connectivity index is 1.58. The van der Waals surface area contributed by atoms with Crippen molar-refractivity contribution in [1.29, 1.82) is 0 Å². The van der Waals surface area contributed by atoms with Crippen molar-refractivity contribution in [1.82, 2.24) is 4.98 Å². The maximum absolute atomic E-state index is 12.1.